The number of phenols is 1. The number of ether oxygens (including phenoxy) is 4. The van der Waals surface area contributed by atoms with E-state index < -0.39 is 89.1 Å². The number of Topliss-reactive ketones (excluding diaryl/α,β-unsaturated/α-hetero) is 5. The van der Waals surface area contributed by atoms with E-state index in [-0.39, 0.29) is 183 Å². The molecule has 1 rings (SSSR count). The number of likely N-dealkylation sites (N-methyl/N-ethyl adjacent to an activating group) is 1. The number of carbonyl (C=O) groups is 10. The first-order valence-corrected chi connectivity index (χ1v) is 37.5. The Hall–Kier alpha value is -6.64. The molecule has 14 N–H and O–H groups in total. The van der Waals surface area contributed by atoms with Gasteiger partial charge in [-0.1, -0.05) is 110 Å². The lowest BCUT2D eigenvalue weighted by Gasteiger charge is -2.29. The highest BCUT2D eigenvalue weighted by atomic mass is 32.2. The Morgan fingerprint density at radius 2 is 1.13 bits per heavy atom. The molecule has 0 saturated carbocycles. The normalized spacial score (nSPS) is 13.0. The fourth-order valence-electron chi connectivity index (χ4n) is 11.0. The van der Waals surface area contributed by atoms with Crippen LogP contribution < -0.4 is 38.1 Å². The van der Waals surface area contributed by atoms with Gasteiger partial charge < -0.3 is 67.0 Å². The number of hydrogen-bond donors (Lipinski definition) is 12. The number of amides is 3. The van der Waals surface area contributed by atoms with Crippen molar-refractivity contribution in [3.05, 3.63) is 42.1 Å². The van der Waals surface area contributed by atoms with Crippen molar-refractivity contribution in [2.45, 2.75) is 224 Å². The van der Waals surface area contributed by atoms with Crippen molar-refractivity contribution in [2.75, 3.05) is 98.4 Å². The number of primary amides is 1. The van der Waals surface area contributed by atoms with Gasteiger partial charge >= 0.3 is 11.9 Å². The summed E-state index contributed by atoms with van der Waals surface area (Å²) in [5.41, 5.74) is 12.6. The van der Waals surface area contributed by atoms with Gasteiger partial charge in [0.2, 0.25) is 17.7 Å². The predicted molar refractivity (Wildman–Crippen MR) is 383 cm³/mol. The van der Waals surface area contributed by atoms with E-state index in [4.69, 9.17) is 40.4 Å². The summed E-state index contributed by atoms with van der Waals surface area (Å²) in [6, 6.07) is 2.05. The number of nitrogens with zero attached hydrogens (tertiary/aromatic N) is 1. The number of rotatable bonds is 70. The number of nitrogens with two attached hydrogens (primary N) is 2. The van der Waals surface area contributed by atoms with Gasteiger partial charge in [0.05, 0.1) is 88.8 Å². The number of unbranched alkanes of at least 4 members (excludes halogenated alkanes) is 14. The SMILES string of the molecule is C=C(CCCCCCCCCCCCCCCS(=O)(=O)O)N[C@@H](CCC(=O)NCCOCCOCC(=O)CCCOCCOCC(=O)NCCCC[C@H](NCC(=O)CC(C)C)C(=O)CN[C@H](CC(=O)O)C(=O)CN(C)[C@@H](CCCCC(=N)N)C(=O)C[C@@H](Cc1ccc(O)cc1)C(N)=O)C(=O)O. The number of aromatic hydroxyl groups is 1. The summed E-state index contributed by atoms with van der Waals surface area (Å²) in [6.07, 6.45) is 16.7. The zero-order valence-corrected chi connectivity index (χ0v) is 61.0. The first kappa shape index (κ1) is 92.4. The number of allylic oxidation sites excluding steroid dienone is 1. The zero-order valence-electron chi connectivity index (χ0n) is 60.2. The largest absolute Gasteiger partial charge is 0.508 e. The highest BCUT2D eigenvalue weighted by molar-refractivity contribution is 7.85. The van der Waals surface area contributed by atoms with Gasteiger partial charge in [-0.25, -0.2) is 4.79 Å². The molecule has 30 heteroatoms. The van der Waals surface area contributed by atoms with E-state index in [2.05, 4.69) is 33.2 Å². The minimum atomic E-state index is -3.86. The lowest BCUT2D eigenvalue weighted by molar-refractivity contribution is -0.140. The number of amidine groups is 1. The van der Waals surface area contributed by atoms with Crippen LogP contribution in [0.2, 0.25) is 0 Å². The lowest BCUT2D eigenvalue weighted by Crippen LogP contribution is -2.51. The summed E-state index contributed by atoms with van der Waals surface area (Å²) in [6.45, 7) is 8.09. The number of carboxylic acids is 2. The minimum absolute atomic E-state index is 0.00317. The molecule has 576 valence electrons. The summed E-state index contributed by atoms with van der Waals surface area (Å²) in [5.74, 6) is -6.48. The zero-order chi connectivity index (χ0) is 75.2. The number of carbonyl (C=O) groups excluding carboxylic acids is 8. The number of phenolic OH excluding ortho intramolecular Hbond substituents is 1. The predicted octanol–water partition coefficient (Wildman–Crippen LogP) is 5.44. The average Bonchev–Trinajstić information content (AvgIpc) is 0.860. The fourth-order valence-corrected chi connectivity index (χ4v) is 11.6. The highest BCUT2D eigenvalue weighted by Crippen LogP contribution is 2.21. The maximum atomic E-state index is 13.9. The maximum Gasteiger partial charge on any atom is 0.326 e. The van der Waals surface area contributed by atoms with Crippen LogP contribution in [0, 0.1) is 17.2 Å². The number of hydrogen-bond acceptors (Lipinski definition) is 22. The van der Waals surface area contributed by atoms with Gasteiger partial charge in [0.15, 0.2) is 23.1 Å². The van der Waals surface area contributed by atoms with Crippen molar-refractivity contribution in [1.82, 2.24) is 31.5 Å². The van der Waals surface area contributed by atoms with Crippen LogP contribution in [0.15, 0.2) is 36.5 Å². The Bertz CT molecular complexity index is 2740. The van der Waals surface area contributed by atoms with Gasteiger partial charge in [-0.05, 0) is 101 Å². The molecule has 0 aliphatic heterocycles. The van der Waals surface area contributed by atoms with Gasteiger partial charge in [0.1, 0.15) is 30.8 Å². The van der Waals surface area contributed by atoms with Crippen LogP contribution in [0.4, 0.5) is 0 Å². The Morgan fingerprint density at radius 3 is 1.72 bits per heavy atom. The minimum Gasteiger partial charge on any atom is -0.508 e. The molecule has 5 atom stereocenters. The lowest BCUT2D eigenvalue weighted by atomic mass is 9.89. The first-order chi connectivity index (χ1) is 48.1. The smallest absolute Gasteiger partial charge is 0.326 e. The third kappa shape index (κ3) is 52.0. The van der Waals surface area contributed by atoms with Crippen LogP contribution in [-0.2, 0) is 83.4 Å². The van der Waals surface area contributed by atoms with Crippen molar-refractivity contribution >= 4 is 74.5 Å². The van der Waals surface area contributed by atoms with E-state index in [0.717, 1.165) is 57.8 Å². The van der Waals surface area contributed by atoms with E-state index in [9.17, 15) is 71.7 Å². The van der Waals surface area contributed by atoms with E-state index in [1.54, 1.807) is 12.1 Å². The number of benzene rings is 1. The van der Waals surface area contributed by atoms with Crippen molar-refractivity contribution in [1.29, 1.82) is 5.41 Å². The monoisotopic (exact) mass is 1450 g/mol. The van der Waals surface area contributed by atoms with Crippen molar-refractivity contribution < 1.29 is 95.2 Å². The molecule has 0 aliphatic rings. The molecule has 0 radical (unpaired) electrons. The second kappa shape index (κ2) is 56.8. The number of aliphatic carboxylic acids is 2. The molecule has 3 amide bonds. The van der Waals surface area contributed by atoms with Crippen LogP contribution in [-0.4, -0.2) is 220 Å². The Balaban J connectivity index is 2.37. The third-order valence-corrected chi connectivity index (χ3v) is 17.4. The van der Waals surface area contributed by atoms with E-state index >= 15 is 0 Å². The van der Waals surface area contributed by atoms with Crippen LogP contribution in [0.25, 0.3) is 0 Å². The molecule has 0 aromatic heterocycles. The van der Waals surface area contributed by atoms with E-state index in [0.29, 0.717) is 56.2 Å². The van der Waals surface area contributed by atoms with Crippen molar-refractivity contribution in [2.24, 2.45) is 23.3 Å². The Morgan fingerprint density at radius 1 is 0.564 bits per heavy atom. The number of ketones is 5. The quantitative estimate of drug-likeness (QED) is 0.0167. The molecule has 0 unspecified atom stereocenters. The van der Waals surface area contributed by atoms with Gasteiger partial charge in [-0.15, -0.1) is 0 Å². The van der Waals surface area contributed by atoms with Crippen LogP contribution in [0.5, 0.6) is 5.75 Å². The summed E-state index contributed by atoms with van der Waals surface area (Å²) >= 11 is 0. The molecule has 1 aromatic carbocycles. The summed E-state index contributed by atoms with van der Waals surface area (Å²) in [7, 11) is -2.33. The molecule has 1 aromatic rings. The molecule has 0 fully saturated rings. The molecule has 0 aliphatic carbocycles. The van der Waals surface area contributed by atoms with E-state index in [1.165, 1.54) is 43.3 Å². The summed E-state index contributed by atoms with van der Waals surface area (Å²) in [4.78, 5) is 129. The number of carboxylic acid groups (broad SMARTS) is 2. The molecular formula is C71H121N9O20S. The van der Waals surface area contributed by atoms with Gasteiger partial charge in [0, 0.05) is 63.4 Å². The maximum absolute atomic E-state index is 13.9. The van der Waals surface area contributed by atoms with Crippen molar-refractivity contribution in [3.63, 3.8) is 0 Å². The molecule has 29 nitrogen and oxygen atoms in total. The summed E-state index contributed by atoms with van der Waals surface area (Å²) < 4.78 is 52.1. The summed E-state index contributed by atoms with van der Waals surface area (Å²) in [5, 5.41) is 51.1. The van der Waals surface area contributed by atoms with Gasteiger partial charge in [-0.3, -0.25) is 63.3 Å². The van der Waals surface area contributed by atoms with Crippen LogP contribution in [0.3, 0.4) is 0 Å². The molecule has 0 saturated heterocycles. The second-order valence-electron chi connectivity index (χ2n) is 26.4. The molecule has 0 spiro atoms. The molecule has 101 heavy (non-hydrogen) atoms. The Labute approximate surface area is 597 Å². The molecule has 0 bridgehead atoms. The topological polar surface area (TPSA) is 462 Å². The average molecular weight is 1450 g/mol. The van der Waals surface area contributed by atoms with Gasteiger partial charge in [0.25, 0.3) is 10.1 Å². The molecular weight excluding hydrogens is 1330 g/mol. The third-order valence-electron chi connectivity index (χ3n) is 16.6. The standard InChI is InChI=1S/C71H121N9O20S/c1-52(2)43-58(83)47-77-59(64(85)48-78-61(46-69(89)90)65(86)49-80(4)62(26-17-18-27-66(72)73)63(84)45-55(70(74)91)44-54-28-30-56(81)31-29-54)25-19-20-34-75-68(88)51-100-41-38-97-36-22-24-57(82)50-99-40-39-98-37-35-76-67(87)33-32-60(71(92)93)79-53(3)23-16-14-12-10-8-6-5-7-9-11-13-15-21-42-101(94,95)96/h28-31,52,55,59-62,77-79,81H,3,5-27,32-51H2,1-2,4H3,(H3,72,73)(H2,74,91)(H,75,88)(H,76,87)(H,89,90)(H,92,93)(H,94,95,96)/t55-,59+,60+,61-,62+/m1/s1. The first-order valence-electron chi connectivity index (χ1n) is 35.9. The Kier molecular flexibility index (Phi) is 52.0. The van der Waals surface area contributed by atoms with Crippen LogP contribution >= 0.6 is 0 Å². The molecule has 0 heterocycles. The van der Waals surface area contributed by atoms with Crippen LogP contribution in [0.1, 0.15) is 199 Å². The number of nitrogens with one attached hydrogen (secondary N) is 6. The van der Waals surface area contributed by atoms with Crippen molar-refractivity contribution in [3.8, 4) is 5.75 Å². The second-order valence-corrected chi connectivity index (χ2v) is 27.9. The highest BCUT2D eigenvalue weighted by Gasteiger charge is 2.32. The fraction of sp³-hybridized carbons (Fsp3) is 0.732. The van der Waals surface area contributed by atoms with Gasteiger partial charge in [-0.2, -0.15) is 8.42 Å². The van der Waals surface area contributed by atoms with E-state index in [1.807, 2.05) is 13.8 Å².